The number of hydrogen-bond acceptors (Lipinski definition) is 6. The molecule has 1 atom stereocenters. The summed E-state index contributed by atoms with van der Waals surface area (Å²) in [5.74, 6) is 0. The lowest BCUT2D eigenvalue weighted by Crippen LogP contribution is -2.42. The zero-order valence-corrected chi connectivity index (χ0v) is 9.14. The summed E-state index contributed by atoms with van der Waals surface area (Å²) in [6.45, 7) is 3.93. The smallest absolute Gasteiger partial charge is 0.320 e. The molecule has 15 heavy (non-hydrogen) atoms. The van der Waals surface area contributed by atoms with Crippen molar-refractivity contribution in [1.82, 2.24) is 4.90 Å². The van der Waals surface area contributed by atoms with E-state index in [0.717, 1.165) is 0 Å². The van der Waals surface area contributed by atoms with Gasteiger partial charge in [0.25, 0.3) is 6.02 Å². The van der Waals surface area contributed by atoms with E-state index in [1.54, 1.807) is 25.1 Å². The number of hydrogen-bond donors (Lipinski definition) is 0. The predicted octanol–water partition coefficient (Wildman–Crippen LogP) is 0.423. The minimum Gasteiger partial charge on any atom is -0.467 e. The van der Waals surface area contributed by atoms with Crippen molar-refractivity contribution in [3.63, 3.8) is 0 Å². The van der Waals surface area contributed by atoms with Crippen molar-refractivity contribution < 1.29 is 14.2 Å². The van der Waals surface area contributed by atoms with Gasteiger partial charge in [-0.1, -0.05) is 12.7 Å². The number of nitrogens with zero attached hydrogens (tertiary/aromatic N) is 3. The number of ether oxygens (including phenoxy) is 3. The molecule has 1 aliphatic heterocycles. The van der Waals surface area contributed by atoms with E-state index in [1.807, 2.05) is 0 Å². The molecule has 1 rings (SSSR count). The lowest BCUT2D eigenvalue weighted by atomic mass is 10.6. The van der Waals surface area contributed by atoms with Gasteiger partial charge in [0.05, 0.1) is 7.11 Å². The first-order valence-electron chi connectivity index (χ1n) is 4.42. The number of rotatable bonds is 3. The van der Waals surface area contributed by atoms with E-state index >= 15 is 0 Å². The Morgan fingerprint density at radius 1 is 1.53 bits per heavy atom. The van der Waals surface area contributed by atoms with Crippen molar-refractivity contribution in [3.05, 3.63) is 12.7 Å². The minimum atomic E-state index is -0.475. The van der Waals surface area contributed by atoms with Crippen LogP contribution >= 0.6 is 0 Å². The van der Waals surface area contributed by atoms with Gasteiger partial charge in [-0.05, 0) is 0 Å². The highest BCUT2D eigenvalue weighted by molar-refractivity contribution is 5.91. The van der Waals surface area contributed by atoms with Crippen LogP contribution in [0.5, 0.6) is 0 Å². The van der Waals surface area contributed by atoms with Crippen molar-refractivity contribution in [3.8, 4) is 0 Å². The van der Waals surface area contributed by atoms with E-state index in [1.165, 1.54) is 7.11 Å². The second-order valence-corrected chi connectivity index (χ2v) is 2.78. The van der Waals surface area contributed by atoms with Crippen molar-refractivity contribution in [1.29, 1.82) is 0 Å². The fourth-order valence-corrected chi connectivity index (χ4v) is 1.04. The molecule has 0 aromatic carbocycles. The van der Waals surface area contributed by atoms with Gasteiger partial charge in [0.15, 0.2) is 0 Å². The number of methoxy groups -OCH3 is 2. The Morgan fingerprint density at radius 3 is 2.80 bits per heavy atom. The maximum absolute atomic E-state index is 5.33. The van der Waals surface area contributed by atoms with E-state index in [4.69, 9.17) is 14.2 Å². The van der Waals surface area contributed by atoms with Crippen LogP contribution in [0.15, 0.2) is 22.6 Å². The molecule has 0 N–H and O–H groups in total. The minimum absolute atomic E-state index is 0.235. The first kappa shape index (κ1) is 11.5. The monoisotopic (exact) mass is 213 g/mol. The molecule has 0 amide bonds. The molecule has 0 bridgehead atoms. The Bertz CT molecular complexity index is 288. The van der Waals surface area contributed by atoms with Gasteiger partial charge in [0.2, 0.25) is 6.35 Å². The van der Waals surface area contributed by atoms with Crippen LogP contribution in [0, 0.1) is 0 Å². The fraction of sp³-hybridized carbons (Fsp3) is 0.556. The van der Waals surface area contributed by atoms with E-state index in [9.17, 15) is 0 Å². The SMILES string of the molecule is C=CCOC1=NC(OC)=NC(OC)N1C. The molecular formula is C9H15N3O3. The van der Waals surface area contributed by atoms with Crippen molar-refractivity contribution in [2.45, 2.75) is 6.35 Å². The van der Waals surface area contributed by atoms with E-state index in [0.29, 0.717) is 12.6 Å². The van der Waals surface area contributed by atoms with Gasteiger partial charge in [0, 0.05) is 14.2 Å². The average Bonchev–Trinajstić information content (AvgIpc) is 2.27. The molecule has 84 valence electrons. The molecule has 1 aliphatic rings. The van der Waals surface area contributed by atoms with Gasteiger partial charge in [-0.3, -0.25) is 4.90 Å². The van der Waals surface area contributed by atoms with E-state index in [2.05, 4.69) is 16.6 Å². The third kappa shape index (κ3) is 2.69. The van der Waals surface area contributed by atoms with Gasteiger partial charge in [-0.2, -0.15) is 4.99 Å². The highest BCUT2D eigenvalue weighted by atomic mass is 16.5. The summed E-state index contributed by atoms with van der Waals surface area (Å²) in [4.78, 5) is 9.76. The Morgan fingerprint density at radius 2 is 2.27 bits per heavy atom. The second-order valence-electron chi connectivity index (χ2n) is 2.78. The molecule has 0 aromatic rings. The summed E-state index contributed by atoms with van der Waals surface area (Å²) >= 11 is 0. The maximum atomic E-state index is 5.33. The first-order chi connectivity index (χ1) is 7.22. The quantitative estimate of drug-likeness (QED) is 0.638. The largest absolute Gasteiger partial charge is 0.467 e. The van der Waals surface area contributed by atoms with E-state index < -0.39 is 6.35 Å². The molecular weight excluding hydrogens is 198 g/mol. The average molecular weight is 213 g/mol. The molecule has 0 spiro atoms. The Labute approximate surface area is 88.9 Å². The summed E-state index contributed by atoms with van der Waals surface area (Å²) in [5, 5.41) is 0. The molecule has 0 saturated heterocycles. The second kappa shape index (κ2) is 5.35. The maximum Gasteiger partial charge on any atom is 0.320 e. The molecule has 6 heteroatoms. The molecule has 0 aliphatic carbocycles. The predicted molar refractivity (Wildman–Crippen MR) is 56.6 cm³/mol. The molecule has 0 saturated carbocycles. The molecule has 0 radical (unpaired) electrons. The lowest BCUT2D eigenvalue weighted by molar-refractivity contribution is 0.00928. The zero-order valence-electron chi connectivity index (χ0n) is 9.14. The Kier molecular flexibility index (Phi) is 4.11. The third-order valence-corrected chi connectivity index (χ3v) is 1.77. The van der Waals surface area contributed by atoms with Crippen LogP contribution in [0.3, 0.4) is 0 Å². The van der Waals surface area contributed by atoms with Crippen molar-refractivity contribution in [2.24, 2.45) is 9.98 Å². The normalized spacial score (nSPS) is 20.5. The van der Waals surface area contributed by atoms with Crippen molar-refractivity contribution >= 4 is 12.0 Å². The standard InChI is InChI=1S/C9H15N3O3/c1-5-6-15-9-11-7(13-3)10-8(14-4)12(9)2/h5,8H,1,6H2,2-4H3. The van der Waals surface area contributed by atoms with Gasteiger partial charge in [-0.25, -0.2) is 0 Å². The van der Waals surface area contributed by atoms with Gasteiger partial charge >= 0.3 is 6.02 Å². The van der Waals surface area contributed by atoms with Crippen LogP contribution in [0.4, 0.5) is 0 Å². The molecule has 1 unspecified atom stereocenters. The number of amidine groups is 2. The van der Waals surface area contributed by atoms with Crippen molar-refractivity contribution in [2.75, 3.05) is 27.9 Å². The van der Waals surface area contributed by atoms with Crippen LogP contribution in [0.1, 0.15) is 0 Å². The summed E-state index contributed by atoms with van der Waals surface area (Å²) in [7, 11) is 4.81. The molecule has 6 nitrogen and oxygen atoms in total. The van der Waals surface area contributed by atoms with Gasteiger partial charge in [-0.15, -0.1) is 4.99 Å². The van der Waals surface area contributed by atoms with Gasteiger partial charge in [0.1, 0.15) is 6.61 Å². The zero-order chi connectivity index (χ0) is 11.3. The highest BCUT2D eigenvalue weighted by Gasteiger charge is 2.24. The first-order valence-corrected chi connectivity index (χ1v) is 4.42. The Balaban J connectivity index is 2.78. The highest BCUT2D eigenvalue weighted by Crippen LogP contribution is 2.09. The topological polar surface area (TPSA) is 55.6 Å². The van der Waals surface area contributed by atoms with Crippen LogP contribution in [-0.4, -0.2) is 51.2 Å². The summed E-state index contributed by atoms with van der Waals surface area (Å²) in [5.41, 5.74) is 0. The molecule has 1 heterocycles. The van der Waals surface area contributed by atoms with E-state index in [-0.39, 0.29) is 6.02 Å². The van der Waals surface area contributed by atoms with Crippen LogP contribution in [0.2, 0.25) is 0 Å². The Hall–Kier alpha value is -1.56. The van der Waals surface area contributed by atoms with Crippen LogP contribution < -0.4 is 0 Å². The molecule has 0 aromatic heterocycles. The summed E-state index contributed by atoms with van der Waals surface area (Å²) in [6.07, 6.45) is 1.16. The summed E-state index contributed by atoms with van der Waals surface area (Å²) < 4.78 is 15.4. The lowest BCUT2D eigenvalue weighted by Gasteiger charge is -2.28. The van der Waals surface area contributed by atoms with Crippen LogP contribution in [0.25, 0.3) is 0 Å². The van der Waals surface area contributed by atoms with Gasteiger partial charge < -0.3 is 14.2 Å². The molecule has 0 fully saturated rings. The fourth-order valence-electron chi connectivity index (χ4n) is 1.04. The van der Waals surface area contributed by atoms with Crippen LogP contribution in [-0.2, 0) is 14.2 Å². The summed E-state index contributed by atoms with van der Waals surface area (Å²) in [6, 6.07) is 0.632. The number of aliphatic imine (C=N–C) groups is 2. The third-order valence-electron chi connectivity index (χ3n) is 1.77.